The molecule has 0 aliphatic carbocycles. The van der Waals surface area contributed by atoms with Crippen molar-refractivity contribution in [2.24, 2.45) is 5.41 Å². The molecule has 4 aromatic rings. The zero-order valence-electron chi connectivity index (χ0n) is 20.4. The normalized spacial score (nSPS) is 16.6. The zero-order chi connectivity index (χ0) is 26.5. The number of aromatic nitrogens is 3. The second-order valence-corrected chi connectivity index (χ2v) is 11.3. The molecule has 2 N–H and O–H groups in total. The highest BCUT2D eigenvalue weighted by molar-refractivity contribution is 7.92. The first-order valence-corrected chi connectivity index (χ1v) is 13.5. The van der Waals surface area contributed by atoms with Crippen LogP contribution in [0.3, 0.4) is 0 Å². The molecule has 4 heterocycles. The summed E-state index contributed by atoms with van der Waals surface area (Å²) in [6.45, 7) is 3.83. The fraction of sp³-hybridized carbons (Fsp3) is 0.269. The van der Waals surface area contributed by atoms with Crippen LogP contribution in [0.1, 0.15) is 6.42 Å². The van der Waals surface area contributed by atoms with Gasteiger partial charge in [-0.3, -0.25) is 4.72 Å². The van der Waals surface area contributed by atoms with Crippen LogP contribution in [0.2, 0.25) is 0 Å². The van der Waals surface area contributed by atoms with Gasteiger partial charge in [0.15, 0.2) is 4.90 Å². The van der Waals surface area contributed by atoms with E-state index >= 15 is 0 Å². The van der Waals surface area contributed by atoms with Gasteiger partial charge in [-0.15, -0.1) is 0 Å². The summed E-state index contributed by atoms with van der Waals surface area (Å²) in [5.74, 6) is -1.61. The Morgan fingerprint density at radius 3 is 2.53 bits per heavy atom. The van der Waals surface area contributed by atoms with Crippen LogP contribution in [0.5, 0.6) is 5.88 Å². The molecule has 2 aliphatic rings. The van der Waals surface area contributed by atoms with Crippen LogP contribution in [-0.2, 0) is 10.0 Å². The number of hydrogen-bond acceptors (Lipinski definition) is 8. The Bertz CT molecular complexity index is 1640. The fourth-order valence-electron chi connectivity index (χ4n) is 5.14. The van der Waals surface area contributed by atoms with Crippen molar-refractivity contribution in [2.75, 3.05) is 42.9 Å². The fourth-order valence-corrected chi connectivity index (χ4v) is 6.33. The number of fused-ring (bicyclic) bond motifs is 1. The molecule has 2 fully saturated rings. The summed E-state index contributed by atoms with van der Waals surface area (Å²) in [4.78, 5) is 14.4. The standard InChI is InChI=1S/C26H24F2N6O3S/c1-37-25-22(33-38(35,36)23-19(27)3-2-4-20(23)28)10-17(11-30-25)16-5-6-21-18(9-16)24(32-15-31-21)34-8-7-26(14-34)12-29-13-26/h2-6,9-11,15,29,33H,7-8,12-14H2,1H3. The average molecular weight is 539 g/mol. The molecular formula is C26H24F2N6O3S. The third kappa shape index (κ3) is 4.19. The van der Waals surface area contributed by atoms with E-state index in [1.165, 1.54) is 19.4 Å². The van der Waals surface area contributed by atoms with Crippen LogP contribution in [0.25, 0.3) is 22.0 Å². The largest absolute Gasteiger partial charge is 0.480 e. The minimum Gasteiger partial charge on any atom is -0.480 e. The van der Waals surface area contributed by atoms with Gasteiger partial charge in [0.1, 0.15) is 29.5 Å². The topological polar surface area (TPSA) is 109 Å². The first-order valence-electron chi connectivity index (χ1n) is 12.0. The Morgan fingerprint density at radius 2 is 1.84 bits per heavy atom. The number of benzene rings is 2. The molecule has 196 valence electrons. The second-order valence-electron chi connectivity index (χ2n) is 9.64. The number of anilines is 2. The molecule has 0 saturated carbocycles. The monoisotopic (exact) mass is 538 g/mol. The van der Waals surface area contributed by atoms with E-state index in [1.54, 1.807) is 6.33 Å². The number of sulfonamides is 1. The maximum absolute atomic E-state index is 14.2. The molecule has 2 saturated heterocycles. The van der Waals surface area contributed by atoms with E-state index in [4.69, 9.17) is 4.74 Å². The lowest BCUT2D eigenvalue weighted by Crippen LogP contribution is -2.54. The smallest absolute Gasteiger partial charge is 0.267 e. The van der Waals surface area contributed by atoms with E-state index < -0.39 is 26.6 Å². The Morgan fingerprint density at radius 1 is 1.05 bits per heavy atom. The number of hydrogen-bond donors (Lipinski definition) is 2. The SMILES string of the molecule is COc1ncc(-c2ccc3ncnc(N4CCC5(CNC5)C4)c3c2)cc1NS(=O)(=O)c1c(F)cccc1F. The van der Waals surface area contributed by atoms with Crippen LogP contribution < -0.4 is 19.7 Å². The van der Waals surface area contributed by atoms with Crippen molar-refractivity contribution in [2.45, 2.75) is 11.3 Å². The van der Waals surface area contributed by atoms with Crippen LogP contribution in [0.15, 0.2) is 59.9 Å². The molecule has 0 bridgehead atoms. The van der Waals surface area contributed by atoms with Gasteiger partial charge in [-0.2, -0.15) is 0 Å². The van der Waals surface area contributed by atoms with Gasteiger partial charge in [0.05, 0.1) is 12.6 Å². The van der Waals surface area contributed by atoms with Crippen LogP contribution in [0, 0.1) is 17.0 Å². The molecule has 6 rings (SSSR count). The third-order valence-corrected chi connectivity index (χ3v) is 8.58. The Hall–Kier alpha value is -3.90. The molecule has 1 spiro atoms. The van der Waals surface area contributed by atoms with Gasteiger partial charge in [-0.25, -0.2) is 32.2 Å². The van der Waals surface area contributed by atoms with E-state index in [1.807, 2.05) is 18.2 Å². The first kappa shape index (κ1) is 24.4. The van der Waals surface area contributed by atoms with Crippen molar-refractivity contribution in [1.82, 2.24) is 20.3 Å². The van der Waals surface area contributed by atoms with Gasteiger partial charge >= 0.3 is 0 Å². The lowest BCUT2D eigenvalue weighted by Gasteiger charge is -2.39. The highest BCUT2D eigenvalue weighted by Gasteiger charge is 2.43. The molecule has 2 aliphatic heterocycles. The van der Waals surface area contributed by atoms with Crippen LogP contribution in [0.4, 0.5) is 20.3 Å². The van der Waals surface area contributed by atoms with E-state index in [0.29, 0.717) is 11.0 Å². The molecule has 2 aromatic heterocycles. The van der Waals surface area contributed by atoms with Crippen molar-refractivity contribution in [3.05, 3.63) is 66.6 Å². The third-order valence-electron chi connectivity index (χ3n) is 7.16. The molecule has 9 nitrogen and oxygen atoms in total. The van der Waals surface area contributed by atoms with E-state index in [-0.39, 0.29) is 11.6 Å². The maximum atomic E-state index is 14.2. The van der Waals surface area contributed by atoms with Gasteiger partial charge in [0, 0.05) is 48.7 Å². The molecule has 0 unspecified atom stereocenters. The predicted molar refractivity (Wildman–Crippen MR) is 139 cm³/mol. The van der Waals surface area contributed by atoms with Crippen molar-refractivity contribution >= 4 is 32.4 Å². The highest BCUT2D eigenvalue weighted by atomic mass is 32.2. The van der Waals surface area contributed by atoms with E-state index in [0.717, 1.165) is 73.1 Å². The number of methoxy groups -OCH3 is 1. The summed E-state index contributed by atoms with van der Waals surface area (Å²) in [7, 11) is -3.30. The maximum Gasteiger partial charge on any atom is 0.267 e. The predicted octanol–water partition coefficient (Wildman–Crippen LogP) is 3.58. The molecule has 38 heavy (non-hydrogen) atoms. The van der Waals surface area contributed by atoms with E-state index in [2.05, 4.69) is 29.9 Å². The number of halogens is 2. The van der Waals surface area contributed by atoms with Crippen LogP contribution >= 0.6 is 0 Å². The minimum absolute atomic E-state index is 0.0460. The number of pyridine rings is 1. The molecular weight excluding hydrogens is 514 g/mol. The van der Waals surface area contributed by atoms with Gasteiger partial charge in [0.2, 0.25) is 5.88 Å². The minimum atomic E-state index is -4.62. The summed E-state index contributed by atoms with van der Waals surface area (Å²) in [5, 5.41) is 4.23. The molecule has 2 aromatic carbocycles. The zero-order valence-corrected chi connectivity index (χ0v) is 21.2. The number of ether oxygens (including phenoxy) is 1. The van der Waals surface area contributed by atoms with Gasteiger partial charge in [-0.05, 0) is 42.3 Å². The first-order chi connectivity index (χ1) is 18.3. The number of nitrogens with zero attached hydrogens (tertiary/aromatic N) is 4. The molecule has 0 radical (unpaired) electrons. The van der Waals surface area contributed by atoms with Crippen molar-refractivity contribution in [3.8, 4) is 17.0 Å². The molecule has 0 atom stereocenters. The highest BCUT2D eigenvalue weighted by Crippen LogP contribution is 2.39. The quantitative estimate of drug-likeness (QED) is 0.384. The van der Waals surface area contributed by atoms with E-state index in [9.17, 15) is 17.2 Å². The summed E-state index contributed by atoms with van der Waals surface area (Å²) in [6, 6.07) is 10.0. The summed E-state index contributed by atoms with van der Waals surface area (Å²) < 4.78 is 61.7. The summed E-state index contributed by atoms with van der Waals surface area (Å²) >= 11 is 0. The molecule has 0 amide bonds. The van der Waals surface area contributed by atoms with Crippen molar-refractivity contribution in [3.63, 3.8) is 0 Å². The Kier molecular flexibility index (Phi) is 5.88. The van der Waals surface area contributed by atoms with Crippen molar-refractivity contribution < 1.29 is 21.9 Å². The van der Waals surface area contributed by atoms with Gasteiger partial charge in [0.25, 0.3) is 10.0 Å². The summed E-state index contributed by atoms with van der Waals surface area (Å²) in [6.07, 6.45) is 4.19. The average Bonchev–Trinajstić information content (AvgIpc) is 3.34. The van der Waals surface area contributed by atoms with Gasteiger partial charge in [-0.1, -0.05) is 12.1 Å². The Labute approximate surface area is 217 Å². The lowest BCUT2D eigenvalue weighted by atomic mass is 9.81. The second kappa shape index (κ2) is 9.14. The van der Waals surface area contributed by atoms with Crippen LogP contribution in [-0.4, -0.2) is 56.7 Å². The lowest BCUT2D eigenvalue weighted by molar-refractivity contribution is 0.199. The number of rotatable bonds is 6. The summed E-state index contributed by atoms with van der Waals surface area (Å²) in [5.41, 5.74) is 2.31. The molecule has 12 heteroatoms. The number of nitrogens with one attached hydrogen (secondary N) is 2. The van der Waals surface area contributed by atoms with Crippen molar-refractivity contribution in [1.29, 1.82) is 0 Å². The van der Waals surface area contributed by atoms with Gasteiger partial charge < -0.3 is 15.0 Å². The Balaban J connectivity index is 1.38.